The summed E-state index contributed by atoms with van der Waals surface area (Å²) in [6, 6.07) is 12.4. The van der Waals surface area contributed by atoms with Gasteiger partial charge in [-0.05, 0) is 43.3 Å². The molecule has 0 radical (unpaired) electrons. The van der Waals surface area contributed by atoms with Crippen molar-refractivity contribution >= 4 is 0 Å². The molecule has 0 atom stereocenters. The summed E-state index contributed by atoms with van der Waals surface area (Å²) in [6.45, 7) is 2.10. The summed E-state index contributed by atoms with van der Waals surface area (Å²) < 4.78 is 6.34. The summed E-state index contributed by atoms with van der Waals surface area (Å²) in [7, 11) is 0. The quantitative estimate of drug-likeness (QED) is 0.619. The van der Waals surface area contributed by atoms with E-state index in [1.165, 1.54) is 5.69 Å². The molecule has 3 heteroatoms. The van der Waals surface area contributed by atoms with E-state index in [9.17, 15) is 0 Å². The van der Waals surface area contributed by atoms with Gasteiger partial charge in [-0.1, -0.05) is 0 Å². The number of nitrogens with zero attached hydrogens (tertiary/aromatic N) is 3. The fourth-order valence-electron chi connectivity index (χ4n) is 1.96. The highest BCUT2D eigenvalue weighted by atomic mass is 15.5. The van der Waals surface area contributed by atoms with Gasteiger partial charge in [0.15, 0.2) is 0 Å². The van der Waals surface area contributed by atoms with Gasteiger partial charge < -0.3 is 4.57 Å². The molecule has 0 amide bonds. The third-order valence-electron chi connectivity index (χ3n) is 2.71. The van der Waals surface area contributed by atoms with Crippen LogP contribution in [0.2, 0.25) is 0 Å². The minimum Gasteiger partial charge on any atom is -0.309 e. The van der Waals surface area contributed by atoms with E-state index in [2.05, 4.69) is 45.4 Å². The summed E-state index contributed by atoms with van der Waals surface area (Å²) in [5.41, 5.74) is 1.21. The topological polar surface area (TPSA) is 14.8 Å². The van der Waals surface area contributed by atoms with E-state index in [1.54, 1.807) is 0 Å². The molecule has 3 rings (SSSR count). The Balaban J connectivity index is 2.21. The first-order valence-corrected chi connectivity index (χ1v) is 5.31. The largest absolute Gasteiger partial charge is 0.309 e. The first-order chi connectivity index (χ1) is 7.86. The van der Waals surface area contributed by atoms with Gasteiger partial charge >= 0.3 is 0 Å². The molecule has 16 heavy (non-hydrogen) atoms. The Morgan fingerprint density at radius 1 is 0.812 bits per heavy atom. The van der Waals surface area contributed by atoms with Crippen molar-refractivity contribution in [2.24, 2.45) is 0 Å². The van der Waals surface area contributed by atoms with Gasteiger partial charge in [0.05, 0.1) is 0 Å². The lowest BCUT2D eigenvalue weighted by molar-refractivity contribution is 0.628. The van der Waals surface area contributed by atoms with Crippen molar-refractivity contribution in [1.29, 1.82) is 0 Å². The lowest BCUT2D eigenvalue weighted by Crippen LogP contribution is -2.12. The number of rotatable bonds is 2. The highest BCUT2D eigenvalue weighted by molar-refractivity contribution is 5.30. The smallest absolute Gasteiger partial charge is 0.136 e. The Labute approximate surface area is 94.1 Å². The van der Waals surface area contributed by atoms with Crippen LogP contribution in [0.1, 0.15) is 5.69 Å². The van der Waals surface area contributed by atoms with E-state index in [1.807, 2.05) is 36.7 Å². The highest BCUT2D eigenvalue weighted by Gasteiger charge is 2.06. The molecule has 0 aliphatic heterocycles. The number of hydrogen-bond acceptors (Lipinski definition) is 0. The molecule has 3 nitrogen and oxygen atoms in total. The first kappa shape index (κ1) is 9.09. The van der Waals surface area contributed by atoms with Crippen molar-refractivity contribution < 1.29 is 0 Å². The number of aromatic nitrogens is 3. The van der Waals surface area contributed by atoms with Crippen LogP contribution in [-0.4, -0.2) is 13.9 Å². The third-order valence-corrected chi connectivity index (χ3v) is 2.71. The van der Waals surface area contributed by atoms with Crippen LogP contribution in [0.3, 0.4) is 0 Å². The van der Waals surface area contributed by atoms with Crippen LogP contribution in [0.15, 0.2) is 61.2 Å². The molecule has 0 spiro atoms. The lowest BCUT2D eigenvalue weighted by Gasteiger charge is -2.13. The van der Waals surface area contributed by atoms with E-state index >= 15 is 0 Å². The van der Waals surface area contributed by atoms with Gasteiger partial charge in [0.1, 0.15) is 5.82 Å². The number of hydrogen-bond donors (Lipinski definition) is 0. The zero-order valence-electron chi connectivity index (χ0n) is 9.12. The fourth-order valence-corrected chi connectivity index (χ4v) is 1.96. The second kappa shape index (κ2) is 3.45. The summed E-state index contributed by atoms with van der Waals surface area (Å²) in [5.74, 6) is 1.14. The molecule has 0 saturated heterocycles. The molecule has 3 aromatic rings. The first-order valence-electron chi connectivity index (χ1n) is 5.31. The van der Waals surface area contributed by atoms with Crippen molar-refractivity contribution in [3.63, 3.8) is 0 Å². The molecule has 0 bridgehead atoms. The molecular weight excluding hydrogens is 198 g/mol. The lowest BCUT2D eigenvalue weighted by atomic mass is 10.5. The Bertz CT molecular complexity index is 571. The van der Waals surface area contributed by atoms with Crippen LogP contribution in [0.4, 0.5) is 0 Å². The summed E-state index contributed by atoms with van der Waals surface area (Å²) in [4.78, 5) is 0. The summed E-state index contributed by atoms with van der Waals surface area (Å²) in [5, 5.41) is 0. The molecule has 0 aliphatic rings. The average Bonchev–Trinajstić information content (AvgIpc) is 2.96. The zero-order valence-corrected chi connectivity index (χ0v) is 9.12. The molecule has 80 valence electrons. The second-order valence-corrected chi connectivity index (χ2v) is 3.80. The zero-order chi connectivity index (χ0) is 11.0. The average molecular weight is 211 g/mol. The Morgan fingerprint density at radius 2 is 1.44 bits per heavy atom. The molecule has 0 unspecified atom stereocenters. The summed E-state index contributed by atoms with van der Waals surface area (Å²) in [6.07, 6.45) is 8.18. The maximum Gasteiger partial charge on any atom is 0.136 e. The molecule has 0 fully saturated rings. The molecule has 0 aromatic carbocycles. The standard InChI is InChI=1S/C13H13N3/c1-12-6-7-13(14-8-2-3-9-14)16(12)15-10-4-5-11-15/h2-11H,1H3. The molecule has 0 aliphatic carbocycles. The van der Waals surface area contributed by atoms with Crippen LogP contribution in [-0.2, 0) is 0 Å². The summed E-state index contributed by atoms with van der Waals surface area (Å²) >= 11 is 0. The SMILES string of the molecule is Cc1ccc(-n2cccc2)n1-n1cccc1. The van der Waals surface area contributed by atoms with E-state index in [-0.39, 0.29) is 0 Å². The molecule has 3 aromatic heterocycles. The van der Waals surface area contributed by atoms with Crippen LogP contribution in [0.25, 0.3) is 5.82 Å². The maximum atomic E-state index is 2.17. The van der Waals surface area contributed by atoms with Crippen molar-refractivity contribution in [1.82, 2.24) is 13.9 Å². The van der Waals surface area contributed by atoms with Gasteiger partial charge in [-0.15, -0.1) is 0 Å². The number of aryl methyl sites for hydroxylation is 1. The monoisotopic (exact) mass is 211 g/mol. The minimum atomic E-state index is 1.14. The molecular formula is C13H13N3. The predicted octanol–water partition coefficient (Wildman–Crippen LogP) is 2.70. The molecule has 3 heterocycles. The highest BCUT2D eigenvalue weighted by Crippen LogP contribution is 2.14. The Kier molecular flexibility index (Phi) is 1.96. The van der Waals surface area contributed by atoms with Crippen molar-refractivity contribution in [2.45, 2.75) is 6.92 Å². The molecule has 0 N–H and O–H groups in total. The van der Waals surface area contributed by atoms with E-state index in [0.717, 1.165) is 5.82 Å². The van der Waals surface area contributed by atoms with E-state index in [0.29, 0.717) is 0 Å². The van der Waals surface area contributed by atoms with Crippen LogP contribution >= 0.6 is 0 Å². The van der Waals surface area contributed by atoms with Gasteiger partial charge in [-0.3, -0.25) is 4.68 Å². The van der Waals surface area contributed by atoms with E-state index < -0.39 is 0 Å². The van der Waals surface area contributed by atoms with Crippen LogP contribution < -0.4 is 0 Å². The predicted molar refractivity (Wildman–Crippen MR) is 63.7 cm³/mol. The Morgan fingerprint density at radius 3 is 2.12 bits per heavy atom. The van der Waals surface area contributed by atoms with Gasteiger partial charge in [0.2, 0.25) is 0 Å². The van der Waals surface area contributed by atoms with Gasteiger partial charge in [-0.25, -0.2) is 4.68 Å². The van der Waals surface area contributed by atoms with Crippen molar-refractivity contribution in [2.75, 3.05) is 0 Å². The van der Waals surface area contributed by atoms with Crippen molar-refractivity contribution in [3.8, 4) is 5.82 Å². The third kappa shape index (κ3) is 1.29. The second-order valence-electron chi connectivity index (χ2n) is 3.80. The fraction of sp³-hybridized carbons (Fsp3) is 0.0769. The maximum absolute atomic E-state index is 2.17. The van der Waals surface area contributed by atoms with Crippen molar-refractivity contribution in [3.05, 3.63) is 66.9 Å². The Hall–Kier alpha value is -2.16. The van der Waals surface area contributed by atoms with Gasteiger partial charge in [-0.2, -0.15) is 0 Å². The van der Waals surface area contributed by atoms with Crippen LogP contribution in [0.5, 0.6) is 0 Å². The van der Waals surface area contributed by atoms with Gasteiger partial charge in [0.25, 0.3) is 0 Å². The van der Waals surface area contributed by atoms with Crippen LogP contribution in [0, 0.1) is 6.92 Å². The normalized spacial score (nSPS) is 10.8. The molecule has 0 saturated carbocycles. The van der Waals surface area contributed by atoms with E-state index in [4.69, 9.17) is 0 Å². The van der Waals surface area contributed by atoms with Gasteiger partial charge in [0, 0.05) is 30.5 Å². The minimum absolute atomic E-state index is 1.14.